The monoisotopic (exact) mass is 508 g/mol. The molecular weight excluding hydrogens is 472 g/mol. The zero-order chi connectivity index (χ0) is 26.3. The van der Waals surface area contributed by atoms with Crippen LogP contribution in [0.1, 0.15) is 55.0 Å². The summed E-state index contributed by atoms with van der Waals surface area (Å²) in [4.78, 5) is 15.9. The summed E-state index contributed by atoms with van der Waals surface area (Å²) < 4.78 is 11.8. The molecule has 0 aliphatic heterocycles. The van der Waals surface area contributed by atoms with Crippen molar-refractivity contribution >= 4 is 18.5 Å². The third-order valence-electron chi connectivity index (χ3n) is 5.98. The van der Waals surface area contributed by atoms with Crippen LogP contribution in [-0.2, 0) is 11.4 Å². The van der Waals surface area contributed by atoms with Gasteiger partial charge in [-0.2, -0.15) is 12.6 Å². The van der Waals surface area contributed by atoms with Crippen LogP contribution in [0.25, 0.3) is 11.1 Å². The molecule has 7 heteroatoms. The summed E-state index contributed by atoms with van der Waals surface area (Å²) in [5.41, 5.74) is 10.7. The number of hydrogen-bond donors (Lipinski definition) is 3. The fraction of sp³-hybridized carbons (Fsp3) is 0.379. The molecule has 0 bridgehead atoms. The highest BCUT2D eigenvalue weighted by Crippen LogP contribution is 2.30. The van der Waals surface area contributed by atoms with Gasteiger partial charge in [0.2, 0.25) is 11.8 Å². The molecule has 6 nitrogen and oxygen atoms in total. The molecule has 2 aromatic carbocycles. The molecule has 36 heavy (non-hydrogen) atoms. The predicted molar refractivity (Wildman–Crippen MR) is 147 cm³/mol. The summed E-state index contributed by atoms with van der Waals surface area (Å²) in [5.74, 6) is 1.54. The number of aromatic nitrogens is 1. The Labute approximate surface area is 219 Å². The Hall–Kier alpha value is -3.03. The molecule has 1 atom stereocenters. The minimum atomic E-state index is -0.769. The van der Waals surface area contributed by atoms with Crippen LogP contribution in [0.4, 0.5) is 0 Å². The smallest absolute Gasteiger partial charge is 0.218 e. The molecular formula is C29H36N2O4S. The van der Waals surface area contributed by atoms with Crippen LogP contribution in [0.3, 0.4) is 0 Å². The van der Waals surface area contributed by atoms with Gasteiger partial charge < -0.3 is 20.3 Å². The fourth-order valence-electron chi connectivity index (χ4n) is 4.06. The van der Waals surface area contributed by atoms with E-state index in [-0.39, 0.29) is 18.2 Å². The number of carbonyl (C=O) groups is 1. The van der Waals surface area contributed by atoms with Gasteiger partial charge in [-0.3, -0.25) is 4.79 Å². The maximum Gasteiger partial charge on any atom is 0.218 e. The molecule has 1 amide bonds. The van der Waals surface area contributed by atoms with Gasteiger partial charge in [-0.05, 0) is 73.9 Å². The molecule has 0 aliphatic carbocycles. The van der Waals surface area contributed by atoms with Crippen LogP contribution in [0.2, 0.25) is 0 Å². The number of pyridine rings is 1. The van der Waals surface area contributed by atoms with E-state index in [4.69, 9.17) is 15.2 Å². The third-order valence-corrected chi connectivity index (χ3v) is 6.42. The molecule has 1 aromatic heterocycles. The minimum Gasteiger partial charge on any atom is -0.489 e. The second kappa shape index (κ2) is 12.3. The van der Waals surface area contributed by atoms with Crippen molar-refractivity contribution in [3.63, 3.8) is 0 Å². The summed E-state index contributed by atoms with van der Waals surface area (Å²) in [6.07, 6.45) is 0.806. The number of primary amides is 1. The van der Waals surface area contributed by atoms with E-state index in [1.54, 1.807) is 13.8 Å². The lowest BCUT2D eigenvalue weighted by molar-refractivity contribution is -0.118. The zero-order valence-electron chi connectivity index (χ0n) is 21.5. The van der Waals surface area contributed by atoms with Crippen LogP contribution in [0, 0.1) is 13.8 Å². The number of ether oxygens (including phenoxy) is 2. The summed E-state index contributed by atoms with van der Waals surface area (Å²) in [6, 6.07) is 17.9. The standard InChI is InChI=1S/C29H36N2O4S/c1-19-14-27(34-13-12-29(3,4)33)31-20(2)28(19)23-7-5-6-21(15-23)17-35-25-10-8-22(9-11-25)24(18-36)16-26(30)32/h5-11,14-15,24,33,36H,12-13,16-18H2,1-4H3,(H2,30,32). The van der Waals surface area contributed by atoms with Gasteiger partial charge in [-0.1, -0.05) is 30.3 Å². The van der Waals surface area contributed by atoms with Crippen LogP contribution in [0.5, 0.6) is 11.6 Å². The quantitative estimate of drug-likeness (QED) is 0.286. The van der Waals surface area contributed by atoms with Gasteiger partial charge in [-0.25, -0.2) is 4.98 Å². The van der Waals surface area contributed by atoms with E-state index >= 15 is 0 Å². The number of benzene rings is 2. The number of carbonyl (C=O) groups excluding carboxylic acids is 1. The van der Waals surface area contributed by atoms with Crippen molar-refractivity contribution in [3.05, 3.63) is 77.0 Å². The maximum atomic E-state index is 11.3. The lowest BCUT2D eigenvalue weighted by Gasteiger charge is -2.18. The maximum absolute atomic E-state index is 11.3. The van der Waals surface area contributed by atoms with Crippen molar-refractivity contribution in [2.24, 2.45) is 5.73 Å². The van der Waals surface area contributed by atoms with Crippen LogP contribution in [0.15, 0.2) is 54.6 Å². The van der Waals surface area contributed by atoms with Gasteiger partial charge in [0.25, 0.3) is 0 Å². The topological polar surface area (TPSA) is 94.7 Å². The molecule has 0 saturated heterocycles. The summed E-state index contributed by atoms with van der Waals surface area (Å²) in [5, 5.41) is 9.88. The van der Waals surface area contributed by atoms with Crippen LogP contribution < -0.4 is 15.2 Å². The van der Waals surface area contributed by atoms with Gasteiger partial charge >= 0.3 is 0 Å². The van der Waals surface area contributed by atoms with Crippen molar-refractivity contribution in [2.75, 3.05) is 12.4 Å². The van der Waals surface area contributed by atoms with Gasteiger partial charge in [0.1, 0.15) is 12.4 Å². The minimum absolute atomic E-state index is 0.00466. The molecule has 0 radical (unpaired) electrons. The highest BCUT2D eigenvalue weighted by molar-refractivity contribution is 7.80. The number of rotatable bonds is 12. The van der Waals surface area contributed by atoms with Crippen molar-refractivity contribution in [1.29, 1.82) is 0 Å². The van der Waals surface area contributed by atoms with Crippen LogP contribution in [-0.4, -0.2) is 34.0 Å². The SMILES string of the molecule is Cc1cc(OCCC(C)(C)O)nc(C)c1-c1cccc(COc2ccc(C(CS)CC(N)=O)cc2)c1. The second-order valence-corrected chi connectivity index (χ2v) is 10.1. The Balaban J connectivity index is 1.68. The Bertz CT molecular complexity index is 1150. The average molecular weight is 509 g/mol. The number of hydrogen-bond acceptors (Lipinski definition) is 6. The average Bonchev–Trinajstić information content (AvgIpc) is 2.80. The highest BCUT2D eigenvalue weighted by atomic mass is 32.1. The molecule has 0 spiro atoms. The molecule has 0 aliphatic rings. The van der Waals surface area contributed by atoms with E-state index in [1.165, 1.54) is 0 Å². The van der Waals surface area contributed by atoms with Gasteiger partial charge in [0.15, 0.2) is 0 Å². The number of amides is 1. The van der Waals surface area contributed by atoms with E-state index in [9.17, 15) is 9.90 Å². The first-order chi connectivity index (χ1) is 17.1. The Morgan fingerprint density at radius 2 is 1.83 bits per heavy atom. The molecule has 192 valence electrons. The third kappa shape index (κ3) is 8.00. The summed E-state index contributed by atoms with van der Waals surface area (Å²) in [7, 11) is 0. The summed E-state index contributed by atoms with van der Waals surface area (Å²) in [6.45, 7) is 8.39. The summed E-state index contributed by atoms with van der Waals surface area (Å²) >= 11 is 4.34. The van der Waals surface area contributed by atoms with Crippen molar-refractivity contribution in [2.45, 2.75) is 58.7 Å². The number of aryl methyl sites for hydroxylation is 2. The van der Waals surface area contributed by atoms with Crippen molar-refractivity contribution < 1.29 is 19.4 Å². The number of aliphatic hydroxyl groups is 1. The molecule has 1 heterocycles. The normalized spacial score (nSPS) is 12.3. The predicted octanol–water partition coefficient (Wildman–Crippen LogP) is 5.37. The molecule has 0 fully saturated rings. The number of nitrogens with zero attached hydrogens (tertiary/aromatic N) is 1. The molecule has 0 saturated carbocycles. The van der Waals surface area contributed by atoms with E-state index < -0.39 is 5.60 Å². The lowest BCUT2D eigenvalue weighted by Crippen LogP contribution is -2.22. The lowest BCUT2D eigenvalue weighted by atomic mass is 9.97. The van der Waals surface area contributed by atoms with Gasteiger partial charge in [0, 0.05) is 36.1 Å². The van der Waals surface area contributed by atoms with Crippen molar-refractivity contribution in [1.82, 2.24) is 4.98 Å². The Kier molecular flexibility index (Phi) is 9.40. The molecule has 3 N–H and O–H groups in total. The molecule has 3 aromatic rings. The number of thiol groups is 1. The van der Waals surface area contributed by atoms with E-state index in [2.05, 4.69) is 29.7 Å². The first-order valence-electron chi connectivity index (χ1n) is 12.1. The first-order valence-corrected chi connectivity index (χ1v) is 12.7. The van der Waals surface area contributed by atoms with Gasteiger partial charge in [-0.15, -0.1) is 0 Å². The van der Waals surface area contributed by atoms with Crippen LogP contribution >= 0.6 is 12.6 Å². The molecule has 3 rings (SSSR count). The largest absolute Gasteiger partial charge is 0.489 e. The van der Waals surface area contributed by atoms with Gasteiger partial charge in [0.05, 0.1) is 12.2 Å². The van der Waals surface area contributed by atoms with E-state index in [0.29, 0.717) is 31.3 Å². The van der Waals surface area contributed by atoms with E-state index in [1.807, 2.05) is 56.3 Å². The Morgan fingerprint density at radius 3 is 2.44 bits per heavy atom. The fourth-order valence-corrected chi connectivity index (χ4v) is 4.40. The first kappa shape index (κ1) is 27.6. The second-order valence-electron chi connectivity index (χ2n) is 9.76. The number of nitrogens with two attached hydrogens (primary N) is 1. The Morgan fingerprint density at radius 1 is 1.11 bits per heavy atom. The van der Waals surface area contributed by atoms with Crippen molar-refractivity contribution in [3.8, 4) is 22.8 Å². The zero-order valence-corrected chi connectivity index (χ0v) is 22.3. The van der Waals surface area contributed by atoms with E-state index in [0.717, 1.165) is 39.3 Å². The molecule has 1 unspecified atom stereocenters. The highest BCUT2D eigenvalue weighted by Gasteiger charge is 2.15.